The molecule has 1 aliphatic rings. The van der Waals surface area contributed by atoms with Crippen molar-refractivity contribution >= 4 is 35.0 Å². The van der Waals surface area contributed by atoms with E-state index in [0.29, 0.717) is 41.5 Å². The van der Waals surface area contributed by atoms with Crippen LogP contribution in [0.5, 0.6) is 0 Å². The van der Waals surface area contributed by atoms with Gasteiger partial charge in [-0.1, -0.05) is 23.2 Å². The molecule has 2 unspecified atom stereocenters. The van der Waals surface area contributed by atoms with Gasteiger partial charge in [0.15, 0.2) is 0 Å². The summed E-state index contributed by atoms with van der Waals surface area (Å²) in [4.78, 5) is 26.6. The van der Waals surface area contributed by atoms with E-state index in [1.807, 2.05) is 6.92 Å². The van der Waals surface area contributed by atoms with Crippen LogP contribution in [0.25, 0.3) is 0 Å². The molecule has 0 aromatic heterocycles. The summed E-state index contributed by atoms with van der Waals surface area (Å²) in [6, 6.07) is 4.32. The highest BCUT2D eigenvalue weighted by Crippen LogP contribution is 2.26. The molecule has 2 rings (SSSR count). The number of hydrogen-bond acceptors (Lipinski definition) is 3. The molecule has 0 aliphatic carbocycles. The number of carbonyl (C=O) groups excluding carboxylic acids is 2. The van der Waals surface area contributed by atoms with Crippen LogP contribution >= 0.6 is 23.2 Å². The second-order valence-electron chi connectivity index (χ2n) is 5.84. The minimum atomic E-state index is -0.467. The fraction of sp³-hybridized carbons (Fsp3) is 0.500. The molecule has 1 aromatic rings. The molecular weight excluding hydrogens is 337 g/mol. The molecule has 1 saturated heterocycles. The predicted molar refractivity (Wildman–Crippen MR) is 91.8 cm³/mol. The topological polar surface area (TPSA) is 75.4 Å². The smallest absolute Gasteiger partial charge is 0.256 e. The number of nitrogens with two attached hydrogens (primary N) is 1. The van der Waals surface area contributed by atoms with E-state index in [1.165, 1.54) is 6.07 Å². The van der Waals surface area contributed by atoms with E-state index < -0.39 is 6.04 Å². The number of likely N-dealkylation sites (tertiary alicyclic amines) is 1. The molecule has 126 valence electrons. The molecule has 2 atom stereocenters. The largest absolute Gasteiger partial charge is 0.354 e. The van der Waals surface area contributed by atoms with Crippen LogP contribution in [-0.2, 0) is 4.79 Å². The molecule has 3 N–H and O–H groups in total. The van der Waals surface area contributed by atoms with Gasteiger partial charge in [-0.15, -0.1) is 0 Å². The maximum absolute atomic E-state index is 12.7. The summed E-state index contributed by atoms with van der Waals surface area (Å²) in [7, 11) is 0. The summed E-state index contributed by atoms with van der Waals surface area (Å²) < 4.78 is 0. The van der Waals surface area contributed by atoms with Crippen molar-refractivity contribution in [2.75, 3.05) is 13.1 Å². The highest BCUT2D eigenvalue weighted by molar-refractivity contribution is 6.35. The zero-order valence-corrected chi connectivity index (χ0v) is 14.5. The van der Waals surface area contributed by atoms with Crippen molar-refractivity contribution < 1.29 is 9.59 Å². The average Bonchev–Trinajstić information content (AvgIpc) is 2.98. The minimum absolute atomic E-state index is 0.0295. The Morgan fingerprint density at radius 1 is 1.43 bits per heavy atom. The first kappa shape index (κ1) is 18.0. The Bertz CT molecular complexity index is 593. The van der Waals surface area contributed by atoms with E-state index in [-0.39, 0.29) is 17.9 Å². The van der Waals surface area contributed by atoms with Gasteiger partial charge in [-0.05, 0) is 44.4 Å². The van der Waals surface area contributed by atoms with E-state index in [9.17, 15) is 9.59 Å². The highest BCUT2D eigenvalue weighted by atomic mass is 35.5. The SMILES string of the molecule is CC(N)CCNC(=O)C1CCCN1C(=O)c1cc(Cl)ccc1Cl. The molecule has 1 fully saturated rings. The van der Waals surface area contributed by atoms with Gasteiger partial charge in [0.25, 0.3) is 5.91 Å². The van der Waals surface area contributed by atoms with Gasteiger partial charge in [-0.2, -0.15) is 0 Å². The summed E-state index contributed by atoms with van der Waals surface area (Å²) in [6.45, 7) is 2.93. The number of rotatable bonds is 5. The fourth-order valence-corrected chi connectivity index (χ4v) is 3.01. The number of halogens is 2. The van der Waals surface area contributed by atoms with Gasteiger partial charge < -0.3 is 16.0 Å². The monoisotopic (exact) mass is 357 g/mol. The van der Waals surface area contributed by atoms with Gasteiger partial charge in [-0.25, -0.2) is 0 Å². The number of nitrogens with zero attached hydrogens (tertiary/aromatic N) is 1. The summed E-state index contributed by atoms with van der Waals surface area (Å²) >= 11 is 12.0. The lowest BCUT2D eigenvalue weighted by molar-refractivity contribution is -0.124. The van der Waals surface area contributed by atoms with Crippen molar-refractivity contribution in [3.05, 3.63) is 33.8 Å². The van der Waals surface area contributed by atoms with Crippen molar-refractivity contribution in [1.82, 2.24) is 10.2 Å². The van der Waals surface area contributed by atoms with Gasteiger partial charge >= 0.3 is 0 Å². The Morgan fingerprint density at radius 3 is 2.87 bits per heavy atom. The molecule has 5 nitrogen and oxygen atoms in total. The Balaban J connectivity index is 2.07. The van der Waals surface area contributed by atoms with Crippen LogP contribution < -0.4 is 11.1 Å². The van der Waals surface area contributed by atoms with Crippen LogP contribution in [0.2, 0.25) is 10.0 Å². The van der Waals surface area contributed by atoms with Crippen LogP contribution in [-0.4, -0.2) is 41.9 Å². The number of carbonyl (C=O) groups is 2. The molecule has 0 radical (unpaired) electrons. The second-order valence-corrected chi connectivity index (χ2v) is 6.68. The Morgan fingerprint density at radius 2 is 2.17 bits per heavy atom. The minimum Gasteiger partial charge on any atom is -0.354 e. The number of hydrogen-bond donors (Lipinski definition) is 2. The van der Waals surface area contributed by atoms with Crippen molar-refractivity contribution in [2.24, 2.45) is 5.73 Å². The lowest BCUT2D eigenvalue weighted by Crippen LogP contribution is -2.46. The van der Waals surface area contributed by atoms with E-state index >= 15 is 0 Å². The van der Waals surface area contributed by atoms with Gasteiger partial charge in [0.05, 0.1) is 10.6 Å². The molecule has 1 aromatic carbocycles. The fourth-order valence-electron chi connectivity index (χ4n) is 2.64. The summed E-state index contributed by atoms with van der Waals surface area (Å²) in [5.41, 5.74) is 6.00. The molecule has 1 aliphatic heterocycles. The normalized spacial score (nSPS) is 18.8. The van der Waals surface area contributed by atoms with Crippen molar-refractivity contribution in [3.8, 4) is 0 Å². The van der Waals surface area contributed by atoms with Gasteiger partial charge in [0.1, 0.15) is 6.04 Å². The van der Waals surface area contributed by atoms with Gasteiger partial charge in [0.2, 0.25) is 5.91 Å². The summed E-state index contributed by atoms with van der Waals surface area (Å²) in [6.07, 6.45) is 2.13. The van der Waals surface area contributed by atoms with Crippen LogP contribution in [0.4, 0.5) is 0 Å². The molecule has 0 spiro atoms. The first-order valence-electron chi connectivity index (χ1n) is 7.69. The third kappa shape index (κ3) is 4.59. The third-order valence-corrected chi connectivity index (χ3v) is 4.44. The maximum atomic E-state index is 12.7. The van der Waals surface area contributed by atoms with E-state index in [2.05, 4.69) is 5.32 Å². The zero-order valence-electron chi connectivity index (χ0n) is 13.0. The molecule has 0 saturated carbocycles. The van der Waals surface area contributed by atoms with Crippen molar-refractivity contribution in [3.63, 3.8) is 0 Å². The lowest BCUT2D eigenvalue weighted by atomic mass is 10.1. The van der Waals surface area contributed by atoms with Crippen molar-refractivity contribution in [1.29, 1.82) is 0 Å². The molecule has 7 heteroatoms. The molecular formula is C16H21Cl2N3O2. The quantitative estimate of drug-likeness (QED) is 0.849. The van der Waals surface area contributed by atoms with E-state index in [1.54, 1.807) is 17.0 Å². The maximum Gasteiger partial charge on any atom is 0.256 e. The Labute approximate surface area is 146 Å². The molecule has 1 heterocycles. The van der Waals surface area contributed by atoms with Crippen LogP contribution in [0.1, 0.15) is 36.5 Å². The Hall–Kier alpha value is -1.30. The Kier molecular flexibility index (Phi) is 6.27. The first-order chi connectivity index (χ1) is 10.9. The molecule has 0 bridgehead atoms. The molecule has 23 heavy (non-hydrogen) atoms. The predicted octanol–water partition coefficient (Wildman–Crippen LogP) is 2.45. The van der Waals surface area contributed by atoms with Gasteiger partial charge in [0, 0.05) is 24.2 Å². The van der Waals surface area contributed by atoms with E-state index in [0.717, 1.165) is 6.42 Å². The summed E-state index contributed by atoms with van der Waals surface area (Å²) in [5, 5.41) is 3.62. The number of amides is 2. The number of benzene rings is 1. The van der Waals surface area contributed by atoms with Crippen LogP contribution in [0.15, 0.2) is 18.2 Å². The third-order valence-electron chi connectivity index (χ3n) is 3.87. The van der Waals surface area contributed by atoms with Crippen LogP contribution in [0, 0.1) is 0 Å². The zero-order chi connectivity index (χ0) is 17.0. The number of nitrogens with one attached hydrogen (secondary N) is 1. The first-order valence-corrected chi connectivity index (χ1v) is 8.45. The lowest BCUT2D eigenvalue weighted by Gasteiger charge is -2.24. The second kappa shape index (κ2) is 7.99. The standard InChI is InChI=1S/C16H21Cl2N3O2/c1-10(19)6-7-20-15(22)14-3-2-8-21(14)16(23)12-9-11(17)4-5-13(12)18/h4-5,9-10,14H,2-3,6-8,19H2,1H3,(H,20,22). The summed E-state index contributed by atoms with van der Waals surface area (Å²) in [5.74, 6) is -0.406. The van der Waals surface area contributed by atoms with E-state index in [4.69, 9.17) is 28.9 Å². The average molecular weight is 358 g/mol. The highest BCUT2D eigenvalue weighted by Gasteiger charge is 2.35. The van der Waals surface area contributed by atoms with Gasteiger partial charge in [-0.3, -0.25) is 9.59 Å². The van der Waals surface area contributed by atoms with Crippen LogP contribution in [0.3, 0.4) is 0 Å². The molecule has 2 amide bonds. The van der Waals surface area contributed by atoms with Crippen molar-refractivity contribution in [2.45, 2.75) is 38.3 Å².